The number of fused-ring (bicyclic) bond motifs is 2. The van der Waals surface area contributed by atoms with Crippen molar-refractivity contribution < 1.29 is 19.0 Å². The predicted molar refractivity (Wildman–Crippen MR) is 116 cm³/mol. The third-order valence-electron chi connectivity index (χ3n) is 6.56. The molecule has 2 aromatic carbocycles. The summed E-state index contributed by atoms with van der Waals surface area (Å²) in [4.78, 5) is 25.6. The molecule has 0 radical (unpaired) electrons. The van der Waals surface area contributed by atoms with Crippen LogP contribution in [0.15, 0.2) is 30.6 Å². The van der Waals surface area contributed by atoms with Crippen molar-refractivity contribution in [2.24, 2.45) is 0 Å². The molecular weight excluding hydrogens is 413 g/mol. The molecule has 3 aliphatic heterocycles. The van der Waals surface area contributed by atoms with E-state index in [4.69, 9.17) is 4.74 Å². The Hall–Kier alpha value is -3.46. The Kier molecular flexibility index (Phi) is 4.23. The van der Waals surface area contributed by atoms with E-state index in [1.807, 2.05) is 11.8 Å². The average Bonchev–Trinajstić information content (AvgIpc) is 3.64. The Morgan fingerprint density at radius 2 is 2.16 bits per heavy atom. The topological polar surface area (TPSA) is 101 Å². The van der Waals surface area contributed by atoms with Crippen molar-refractivity contribution in [3.63, 3.8) is 0 Å². The zero-order valence-corrected chi connectivity index (χ0v) is 17.5. The molecule has 4 heterocycles. The fourth-order valence-corrected chi connectivity index (χ4v) is 4.82. The Labute approximate surface area is 183 Å². The second-order valence-corrected chi connectivity index (χ2v) is 8.51. The standard InChI is InChI=1S/C23H22FN5O3/c1-12-14(19-15(24)3-2-4-18(19)30)7-16-20-21(12)32-10-13-9-28(23(31)17-8-25-17)5-6-29(13)22(20)27-11-26-16/h2-4,7,11,13,17,25,30H,5-6,8-10H2,1H3/t13-,17-/m0/s1. The summed E-state index contributed by atoms with van der Waals surface area (Å²) in [7, 11) is 0. The van der Waals surface area contributed by atoms with Gasteiger partial charge in [-0.05, 0) is 30.7 Å². The molecule has 2 fully saturated rings. The highest BCUT2D eigenvalue weighted by molar-refractivity contribution is 6.00. The number of hydrogen-bond acceptors (Lipinski definition) is 7. The highest BCUT2D eigenvalue weighted by Gasteiger charge is 2.39. The average molecular weight is 435 g/mol. The van der Waals surface area contributed by atoms with E-state index in [1.165, 1.54) is 24.5 Å². The van der Waals surface area contributed by atoms with E-state index in [2.05, 4.69) is 20.2 Å². The summed E-state index contributed by atoms with van der Waals surface area (Å²) < 4.78 is 21.0. The van der Waals surface area contributed by atoms with E-state index < -0.39 is 5.82 Å². The number of benzene rings is 2. The first-order chi connectivity index (χ1) is 15.5. The minimum Gasteiger partial charge on any atom is -0.507 e. The molecule has 2 atom stereocenters. The summed E-state index contributed by atoms with van der Waals surface area (Å²) in [5.74, 6) is 0.835. The molecule has 1 amide bonds. The van der Waals surface area contributed by atoms with Gasteiger partial charge in [-0.1, -0.05) is 6.07 Å². The molecule has 164 valence electrons. The molecule has 9 heteroatoms. The van der Waals surface area contributed by atoms with Gasteiger partial charge >= 0.3 is 0 Å². The maximum absolute atomic E-state index is 14.7. The van der Waals surface area contributed by atoms with Crippen LogP contribution in [0.25, 0.3) is 22.0 Å². The molecule has 0 spiro atoms. The number of nitrogens with one attached hydrogen (secondary N) is 1. The van der Waals surface area contributed by atoms with Crippen molar-refractivity contribution in [1.29, 1.82) is 0 Å². The highest BCUT2D eigenvalue weighted by Crippen LogP contribution is 2.45. The van der Waals surface area contributed by atoms with Crippen molar-refractivity contribution >= 4 is 22.6 Å². The molecular formula is C23H22FN5O3. The van der Waals surface area contributed by atoms with Crippen LogP contribution in [-0.4, -0.2) is 70.8 Å². The minimum absolute atomic E-state index is 0.0540. The number of hydrogen-bond donors (Lipinski definition) is 2. The van der Waals surface area contributed by atoms with Crippen LogP contribution < -0.4 is 15.0 Å². The second kappa shape index (κ2) is 7.03. The Bertz CT molecular complexity index is 1240. The van der Waals surface area contributed by atoms with E-state index in [-0.39, 0.29) is 29.3 Å². The molecule has 0 aliphatic carbocycles. The smallest absolute Gasteiger partial charge is 0.241 e. The number of aromatic hydroxyl groups is 1. The van der Waals surface area contributed by atoms with E-state index in [9.17, 15) is 14.3 Å². The van der Waals surface area contributed by atoms with Crippen LogP contribution in [0.5, 0.6) is 11.5 Å². The predicted octanol–water partition coefficient (Wildman–Crippen LogP) is 1.83. The normalized spacial score (nSPS) is 21.7. The van der Waals surface area contributed by atoms with Gasteiger partial charge in [0, 0.05) is 31.7 Å². The van der Waals surface area contributed by atoms with Crippen LogP contribution >= 0.6 is 0 Å². The van der Waals surface area contributed by atoms with Crippen molar-refractivity contribution in [3.8, 4) is 22.6 Å². The van der Waals surface area contributed by atoms with Gasteiger partial charge in [0.05, 0.1) is 28.6 Å². The molecule has 0 bridgehead atoms. The fraction of sp³-hybridized carbons (Fsp3) is 0.348. The zero-order valence-electron chi connectivity index (χ0n) is 17.5. The number of carbonyl (C=O) groups is 1. The highest BCUT2D eigenvalue weighted by atomic mass is 19.1. The van der Waals surface area contributed by atoms with E-state index >= 15 is 0 Å². The lowest BCUT2D eigenvalue weighted by Gasteiger charge is -2.40. The molecule has 3 aromatic rings. The van der Waals surface area contributed by atoms with Gasteiger partial charge in [0.2, 0.25) is 5.91 Å². The van der Waals surface area contributed by atoms with Crippen LogP contribution in [0.4, 0.5) is 10.2 Å². The molecule has 6 rings (SSSR count). The number of anilines is 1. The zero-order chi connectivity index (χ0) is 22.0. The lowest BCUT2D eigenvalue weighted by molar-refractivity contribution is -0.131. The van der Waals surface area contributed by atoms with Gasteiger partial charge < -0.3 is 25.0 Å². The summed E-state index contributed by atoms with van der Waals surface area (Å²) in [5.41, 5.74) is 1.99. The van der Waals surface area contributed by atoms with Crippen LogP contribution in [0, 0.1) is 12.7 Å². The number of carbonyl (C=O) groups excluding carboxylic acids is 1. The van der Waals surface area contributed by atoms with Crippen molar-refractivity contribution in [2.45, 2.75) is 19.0 Å². The molecule has 1 aromatic heterocycles. The number of piperazine rings is 1. The molecule has 32 heavy (non-hydrogen) atoms. The van der Waals surface area contributed by atoms with Gasteiger partial charge in [0.25, 0.3) is 0 Å². The van der Waals surface area contributed by atoms with Crippen LogP contribution in [0.1, 0.15) is 5.56 Å². The Morgan fingerprint density at radius 1 is 1.31 bits per heavy atom. The lowest BCUT2D eigenvalue weighted by atomic mass is 9.96. The van der Waals surface area contributed by atoms with Gasteiger partial charge in [-0.15, -0.1) is 0 Å². The lowest BCUT2D eigenvalue weighted by Crippen LogP contribution is -2.57. The van der Waals surface area contributed by atoms with Gasteiger partial charge in [0.15, 0.2) is 0 Å². The Morgan fingerprint density at radius 3 is 2.94 bits per heavy atom. The second-order valence-electron chi connectivity index (χ2n) is 8.51. The Balaban J connectivity index is 1.46. The first-order valence-electron chi connectivity index (χ1n) is 10.7. The SMILES string of the molecule is Cc1c(-c2c(O)cccc2F)cc2ncnc3c2c1OC[C@@H]1CN(C(=O)[C@@H]2CN2)CCN31. The van der Waals surface area contributed by atoms with Crippen LogP contribution in [0.3, 0.4) is 0 Å². The van der Waals surface area contributed by atoms with Gasteiger partial charge in [-0.2, -0.15) is 0 Å². The molecule has 8 nitrogen and oxygen atoms in total. The third kappa shape index (κ3) is 2.88. The van der Waals surface area contributed by atoms with Crippen molar-refractivity contribution in [1.82, 2.24) is 20.2 Å². The number of aromatic nitrogens is 2. The van der Waals surface area contributed by atoms with E-state index in [0.717, 1.165) is 17.7 Å². The van der Waals surface area contributed by atoms with Gasteiger partial charge in [-0.25, -0.2) is 14.4 Å². The van der Waals surface area contributed by atoms with Gasteiger partial charge in [0.1, 0.15) is 36.1 Å². The van der Waals surface area contributed by atoms with Crippen LogP contribution in [-0.2, 0) is 4.79 Å². The number of nitrogens with zero attached hydrogens (tertiary/aromatic N) is 4. The van der Waals surface area contributed by atoms with Gasteiger partial charge in [-0.3, -0.25) is 4.79 Å². The number of rotatable bonds is 2. The summed E-state index contributed by atoms with van der Waals surface area (Å²) >= 11 is 0. The van der Waals surface area contributed by atoms with E-state index in [1.54, 1.807) is 6.07 Å². The summed E-state index contributed by atoms with van der Waals surface area (Å²) in [5, 5.41) is 14.2. The molecule has 3 aliphatic rings. The summed E-state index contributed by atoms with van der Waals surface area (Å²) in [6.45, 7) is 4.77. The molecule has 2 saturated heterocycles. The number of halogens is 1. The maximum Gasteiger partial charge on any atom is 0.241 e. The number of phenolic OH excluding ortho intramolecular Hbond substituents is 1. The molecule has 2 N–H and O–H groups in total. The number of phenols is 1. The number of amides is 1. The fourth-order valence-electron chi connectivity index (χ4n) is 4.82. The van der Waals surface area contributed by atoms with Crippen molar-refractivity contribution in [2.75, 3.05) is 37.7 Å². The molecule has 0 unspecified atom stereocenters. The summed E-state index contributed by atoms with van der Waals surface area (Å²) in [6, 6.07) is 5.92. The van der Waals surface area contributed by atoms with E-state index in [0.29, 0.717) is 48.6 Å². The largest absolute Gasteiger partial charge is 0.507 e. The first kappa shape index (κ1) is 19.2. The molecule has 0 saturated carbocycles. The van der Waals surface area contributed by atoms with Crippen LogP contribution in [0.2, 0.25) is 0 Å². The number of ether oxygens (including phenoxy) is 1. The van der Waals surface area contributed by atoms with Crippen molar-refractivity contribution in [3.05, 3.63) is 42.0 Å². The third-order valence-corrected chi connectivity index (χ3v) is 6.56. The minimum atomic E-state index is -0.511. The summed E-state index contributed by atoms with van der Waals surface area (Å²) in [6.07, 6.45) is 1.50. The first-order valence-corrected chi connectivity index (χ1v) is 10.7. The maximum atomic E-state index is 14.7. The monoisotopic (exact) mass is 435 g/mol. The quantitative estimate of drug-likeness (QED) is 0.593.